The van der Waals surface area contributed by atoms with Gasteiger partial charge in [0.05, 0.1) is 5.56 Å². The number of anilines is 1. The molecule has 0 spiro atoms. The summed E-state index contributed by atoms with van der Waals surface area (Å²) in [5, 5.41) is 26.3. The molecule has 0 bridgehead atoms. The Kier molecular flexibility index (Phi) is 3.19. The van der Waals surface area contributed by atoms with Crippen molar-refractivity contribution in [2.45, 2.75) is 18.9 Å². The van der Waals surface area contributed by atoms with Gasteiger partial charge in [0, 0.05) is 19.1 Å². The highest BCUT2D eigenvalue weighted by molar-refractivity contribution is 5.66. The maximum Gasteiger partial charge on any atom is 0.245 e. The summed E-state index contributed by atoms with van der Waals surface area (Å²) in [7, 11) is 0. The van der Waals surface area contributed by atoms with Crippen LogP contribution in [0.4, 0.5) is 5.95 Å². The molecule has 1 fully saturated rings. The molecule has 0 unspecified atom stereocenters. The van der Waals surface area contributed by atoms with Crippen molar-refractivity contribution in [3.63, 3.8) is 0 Å². The number of phenols is 2. The molecule has 2 heterocycles. The molecular weight excluding hydrogens is 258 g/mol. The van der Waals surface area contributed by atoms with Crippen LogP contribution in [0, 0.1) is 0 Å². The van der Waals surface area contributed by atoms with E-state index in [1.807, 2.05) is 0 Å². The van der Waals surface area contributed by atoms with Crippen LogP contribution in [0.1, 0.15) is 12.8 Å². The van der Waals surface area contributed by atoms with Gasteiger partial charge in [-0.05, 0) is 31.0 Å². The second-order valence-electron chi connectivity index (χ2n) is 5.01. The average Bonchev–Trinajstić information content (AvgIpc) is 2.92. The highest BCUT2D eigenvalue weighted by atomic mass is 16.3. The Morgan fingerprint density at radius 2 is 2.00 bits per heavy atom. The summed E-state index contributed by atoms with van der Waals surface area (Å²) in [4.78, 5) is 6.44. The lowest BCUT2D eigenvalue weighted by atomic mass is 10.1. The number of aromatic hydroxyl groups is 2. The number of nitrogens with two attached hydrogens (primary N) is 1. The Balaban J connectivity index is 1.85. The van der Waals surface area contributed by atoms with E-state index in [1.54, 1.807) is 0 Å². The molecule has 0 amide bonds. The van der Waals surface area contributed by atoms with Crippen LogP contribution in [-0.4, -0.2) is 44.5 Å². The zero-order chi connectivity index (χ0) is 14.1. The van der Waals surface area contributed by atoms with Crippen LogP contribution in [0.25, 0.3) is 11.4 Å². The van der Waals surface area contributed by atoms with Crippen LogP contribution in [0.3, 0.4) is 0 Å². The molecule has 106 valence electrons. The van der Waals surface area contributed by atoms with E-state index >= 15 is 0 Å². The largest absolute Gasteiger partial charge is 0.508 e. The number of hydrogen-bond donors (Lipinski definition) is 4. The van der Waals surface area contributed by atoms with Crippen LogP contribution in [0.2, 0.25) is 0 Å². The number of aromatic nitrogens is 3. The molecule has 2 aromatic rings. The van der Waals surface area contributed by atoms with Crippen molar-refractivity contribution in [3.8, 4) is 22.9 Å². The lowest BCUT2D eigenvalue weighted by Crippen LogP contribution is -2.40. The van der Waals surface area contributed by atoms with Crippen molar-refractivity contribution >= 4 is 5.95 Å². The van der Waals surface area contributed by atoms with Gasteiger partial charge in [0.2, 0.25) is 5.95 Å². The fourth-order valence-corrected chi connectivity index (χ4v) is 2.33. The molecule has 7 nitrogen and oxygen atoms in total. The van der Waals surface area contributed by atoms with Gasteiger partial charge in [0.25, 0.3) is 0 Å². The summed E-state index contributed by atoms with van der Waals surface area (Å²) >= 11 is 0. The first kappa shape index (κ1) is 12.7. The fraction of sp³-hybridized carbons (Fsp3) is 0.385. The van der Waals surface area contributed by atoms with E-state index in [4.69, 9.17) is 5.73 Å². The first-order valence-corrected chi connectivity index (χ1v) is 6.59. The average molecular weight is 275 g/mol. The standard InChI is InChI=1S/C13H17N5O2/c14-8-3-5-18(6-4-8)13-15-12(16-17-13)10-7-9(19)1-2-11(10)20/h1-2,7-8,19-20H,3-6,14H2,(H,15,16,17). The third-order valence-electron chi connectivity index (χ3n) is 3.53. The Bertz CT molecular complexity index is 605. The summed E-state index contributed by atoms with van der Waals surface area (Å²) in [5.74, 6) is 1.14. The number of hydrogen-bond acceptors (Lipinski definition) is 6. The van der Waals surface area contributed by atoms with Gasteiger partial charge in [-0.2, -0.15) is 4.98 Å². The van der Waals surface area contributed by atoms with Gasteiger partial charge >= 0.3 is 0 Å². The normalized spacial score (nSPS) is 16.6. The Hall–Kier alpha value is -2.28. The van der Waals surface area contributed by atoms with Gasteiger partial charge in [-0.25, -0.2) is 0 Å². The summed E-state index contributed by atoms with van der Waals surface area (Å²) < 4.78 is 0. The van der Waals surface area contributed by atoms with Crippen molar-refractivity contribution in [1.29, 1.82) is 0 Å². The number of piperidine rings is 1. The van der Waals surface area contributed by atoms with E-state index in [0.29, 0.717) is 17.3 Å². The number of H-pyrrole nitrogens is 1. The zero-order valence-electron chi connectivity index (χ0n) is 11.0. The van der Waals surface area contributed by atoms with Crippen LogP contribution < -0.4 is 10.6 Å². The third-order valence-corrected chi connectivity index (χ3v) is 3.53. The molecule has 20 heavy (non-hydrogen) atoms. The Morgan fingerprint density at radius 3 is 2.75 bits per heavy atom. The maximum absolute atomic E-state index is 9.81. The van der Waals surface area contributed by atoms with Crippen molar-refractivity contribution in [1.82, 2.24) is 15.2 Å². The smallest absolute Gasteiger partial charge is 0.245 e. The zero-order valence-corrected chi connectivity index (χ0v) is 11.0. The topological polar surface area (TPSA) is 111 Å². The SMILES string of the molecule is NC1CCN(c2n[nH]c(-c3cc(O)ccc3O)n2)CC1. The number of nitrogens with zero attached hydrogens (tertiary/aromatic N) is 3. The fourth-order valence-electron chi connectivity index (χ4n) is 2.33. The summed E-state index contributed by atoms with van der Waals surface area (Å²) in [5.41, 5.74) is 6.30. The van der Waals surface area contributed by atoms with E-state index in [9.17, 15) is 10.2 Å². The molecule has 1 aromatic carbocycles. The molecule has 0 atom stereocenters. The van der Waals surface area contributed by atoms with Crippen molar-refractivity contribution in [3.05, 3.63) is 18.2 Å². The van der Waals surface area contributed by atoms with Gasteiger partial charge in [-0.3, -0.25) is 5.10 Å². The van der Waals surface area contributed by atoms with E-state index < -0.39 is 0 Å². The molecule has 3 rings (SSSR count). The highest BCUT2D eigenvalue weighted by Crippen LogP contribution is 2.30. The number of benzene rings is 1. The molecule has 1 aliphatic heterocycles. The third kappa shape index (κ3) is 2.39. The van der Waals surface area contributed by atoms with Crippen LogP contribution in [0.15, 0.2) is 18.2 Å². The summed E-state index contributed by atoms with van der Waals surface area (Å²) in [6.07, 6.45) is 1.84. The molecule has 0 saturated carbocycles. The first-order valence-electron chi connectivity index (χ1n) is 6.59. The molecule has 1 saturated heterocycles. The van der Waals surface area contributed by atoms with Gasteiger partial charge in [0.1, 0.15) is 11.5 Å². The van der Waals surface area contributed by atoms with Crippen molar-refractivity contribution < 1.29 is 10.2 Å². The quantitative estimate of drug-likeness (QED) is 0.604. The van der Waals surface area contributed by atoms with E-state index in [1.165, 1.54) is 18.2 Å². The van der Waals surface area contributed by atoms with Gasteiger partial charge in [-0.15, -0.1) is 5.10 Å². The minimum atomic E-state index is 0.0474. The first-order chi connectivity index (χ1) is 9.63. The molecule has 1 aromatic heterocycles. The molecule has 1 aliphatic rings. The van der Waals surface area contributed by atoms with Crippen molar-refractivity contribution in [2.24, 2.45) is 5.73 Å². The minimum absolute atomic E-state index is 0.0474. The maximum atomic E-state index is 9.81. The number of nitrogens with one attached hydrogen (secondary N) is 1. The second-order valence-corrected chi connectivity index (χ2v) is 5.01. The molecular formula is C13H17N5O2. The Morgan fingerprint density at radius 1 is 1.25 bits per heavy atom. The number of rotatable bonds is 2. The van der Waals surface area contributed by atoms with E-state index in [2.05, 4.69) is 20.1 Å². The Labute approximate surface area is 116 Å². The van der Waals surface area contributed by atoms with Gasteiger partial charge in [-0.1, -0.05) is 0 Å². The molecule has 0 aliphatic carbocycles. The number of phenolic OH excluding ortho intramolecular Hbond substituents is 2. The van der Waals surface area contributed by atoms with E-state index in [0.717, 1.165) is 25.9 Å². The highest BCUT2D eigenvalue weighted by Gasteiger charge is 2.20. The summed E-state index contributed by atoms with van der Waals surface area (Å²) in [6.45, 7) is 1.65. The number of aromatic amines is 1. The molecule has 7 heteroatoms. The lowest BCUT2D eigenvalue weighted by molar-refractivity contribution is 0.461. The molecule has 5 N–H and O–H groups in total. The molecule has 0 radical (unpaired) electrons. The predicted molar refractivity (Wildman–Crippen MR) is 74.6 cm³/mol. The van der Waals surface area contributed by atoms with Gasteiger partial charge < -0.3 is 20.8 Å². The lowest BCUT2D eigenvalue weighted by Gasteiger charge is -2.28. The van der Waals surface area contributed by atoms with E-state index in [-0.39, 0.29) is 17.5 Å². The monoisotopic (exact) mass is 275 g/mol. The summed E-state index contributed by atoms with van der Waals surface area (Å²) in [6, 6.07) is 4.54. The van der Waals surface area contributed by atoms with Crippen LogP contribution in [-0.2, 0) is 0 Å². The van der Waals surface area contributed by atoms with Crippen LogP contribution >= 0.6 is 0 Å². The van der Waals surface area contributed by atoms with Crippen LogP contribution in [0.5, 0.6) is 11.5 Å². The van der Waals surface area contributed by atoms with Gasteiger partial charge in [0.15, 0.2) is 5.82 Å². The minimum Gasteiger partial charge on any atom is -0.508 e. The predicted octanol–water partition coefficient (Wildman–Crippen LogP) is 0.810. The second kappa shape index (κ2) is 5.01. The van der Waals surface area contributed by atoms with Crippen molar-refractivity contribution in [2.75, 3.05) is 18.0 Å².